The number of piperazine rings is 1. The van der Waals surface area contributed by atoms with E-state index in [2.05, 4.69) is 11.0 Å². The van der Waals surface area contributed by atoms with Crippen molar-refractivity contribution >= 4 is 33.2 Å². The first kappa shape index (κ1) is 19.2. The monoisotopic (exact) mass is 409 g/mol. The van der Waals surface area contributed by atoms with Gasteiger partial charge in [-0.25, -0.2) is 8.42 Å². The molecule has 0 unspecified atom stereocenters. The Morgan fingerprint density at radius 2 is 1.65 bits per heavy atom. The standard InChI is InChI=1S/C18H17Cl2N3O2S/c19-16-2-1-3-17(18(16)20)26(24,25)23-10-8-22(9-11-23)13-15-6-4-14(12-21)5-7-15/h1-7H,8-11,13H2. The van der Waals surface area contributed by atoms with Gasteiger partial charge in [-0.3, -0.25) is 4.90 Å². The molecule has 0 N–H and O–H groups in total. The van der Waals surface area contributed by atoms with Crippen LogP contribution in [0.3, 0.4) is 0 Å². The van der Waals surface area contributed by atoms with Gasteiger partial charge in [0.25, 0.3) is 0 Å². The average Bonchev–Trinajstić information content (AvgIpc) is 2.65. The quantitative estimate of drug-likeness (QED) is 0.776. The summed E-state index contributed by atoms with van der Waals surface area (Å²) in [5.74, 6) is 0. The Morgan fingerprint density at radius 3 is 2.27 bits per heavy atom. The van der Waals surface area contributed by atoms with Gasteiger partial charge in [0.15, 0.2) is 0 Å². The van der Waals surface area contributed by atoms with Gasteiger partial charge in [-0.1, -0.05) is 41.4 Å². The van der Waals surface area contributed by atoms with Gasteiger partial charge in [0, 0.05) is 32.7 Å². The van der Waals surface area contributed by atoms with Gasteiger partial charge in [-0.2, -0.15) is 9.57 Å². The largest absolute Gasteiger partial charge is 0.296 e. The van der Waals surface area contributed by atoms with Crippen LogP contribution >= 0.6 is 23.2 Å². The predicted octanol–water partition coefficient (Wildman–Crippen LogP) is 3.37. The van der Waals surface area contributed by atoms with Gasteiger partial charge in [0.1, 0.15) is 4.90 Å². The average molecular weight is 410 g/mol. The molecule has 8 heteroatoms. The predicted molar refractivity (Wildman–Crippen MR) is 102 cm³/mol. The van der Waals surface area contributed by atoms with E-state index in [0.29, 0.717) is 31.7 Å². The number of hydrogen-bond acceptors (Lipinski definition) is 4. The Kier molecular flexibility index (Phi) is 5.86. The molecule has 1 saturated heterocycles. The van der Waals surface area contributed by atoms with E-state index in [4.69, 9.17) is 28.5 Å². The van der Waals surface area contributed by atoms with E-state index in [1.165, 1.54) is 10.4 Å². The first-order chi connectivity index (χ1) is 12.4. The van der Waals surface area contributed by atoms with Gasteiger partial charge in [-0.15, -0.1) is 0 Å². The van der Waals surface area contributed by atoms with E-state index < -0.39 is 10.0 Å². The molecule has 1 aliphatic rings. The Bertz CT molecular complexity index is 932. The summed E-state index contributed by atoms with van der Waals surface area (Å²) < 4.78 is 27.1. The third kappa shape index (κ3) is 4.03. The maximum atomic E-state index is 12.8. The molecule has 0 aromatic heterocycles. The summed E-state index contributed by atoms with van der Waals surface area (Å²) in [5, 5.41) is 9.14. The van der Waals surface area contributed by atoms with Crippen molar-refractivity contribution in [1.82, 2.24) is 9.21 Å². The normalized spacial score (nSPS) is 16.3. The molecule has 0 aliphatic carbocycles. The summed E-state index contributed by atoms with van der Waals surface area (Å²) in [6, 6.07) is 14.2. The fourth-order valence-electron chi connectivity index (χ4n) is 2.89. The van der Waals surface area contributed by atoms with E-state index in [-0.39, 0.29) is 14.9 Å². The topological polar surface area (TPSA) is 64.4 Å². The SMILES string of the molecule is N#Cc1ccc(CN2CCN(S(=O)(=O)c3cccc(Cl)c3Cl)CC2)cc1. The van der Waals surface area contributed by atoms with Crippen LogP contribution in [0.4, 0.5) is 0 Å². The number of nitriles is 1. The molecule has 0 bridgehead atoms. The number of hydrogen-bond donors (Lipinski definition) is 0. The lowest BCUT2D eigenvalue weighted by atomic mass is 10.1. The minimum absolute atomic E-state index is 0.0483. The molecule has 0 amide bonds. The number of benzene rings is 2. The van der Waals surface area contributed by atoms with Gasteiger partial charge < -0.3 is 0 Å². The second kappa shape index (κ2) is 7.95. The molecule has 1 aliphatic heterocycles. The molecule has 0 spiro atoms. The van der Waals surface area contributed by atoms with Crippen LogP contribution in [0.5, 0.6) is 0 Å². The minimum Gasteiger partial charge on any atom is -0.296 e. The highest BCUT2D eigenvalue weighted by Crippen LogP contribution is 2.31. The van der Waals surface area contributed by atoms with Crippen LogP contribution in [-0.4, -0.2) is 43.8 Å². The Labute approximate surface area is 163 Å². The van der Waals surface area contributed by atoms with Gasteiger partial charge >= 0.3 is 0 Å². The molecule has 1 fully saturated rings. The maximum absolute atomic E-state index is 12.8. The number of halogens is 2. The number of nitrogens with zero attached hydrogens (tertiary/aromatic N) is 3. The van der Waals surface area contributed by atoms with E-state index in [1.54, 1.807) is 24.3 Å². The summed E-state index contributed by atoms with van der Waals surface area (Å²) >= 11 is 12.0. The highest BCUT2D eigenvalue weighted by atomic mass is 35.5. The highest BCUT2D eigenvalue weighted by Gasteiger charge is 2.30. The van der Waals surface area contributed by atoms with Crippen molar-refractivity contribution < 1.29 is 8.42 Å². The van der Waals surface area contributed by atoms with Gasteiger partial charge in [0.05, 0.1) is 21.7 Å². The molecule has 136 valence electrons. The Balaban J connectivity index is 1.66. The van der Waals surface area contributed by atoms with Gasteiger partial charge in [0.2, 0.25) is 10.0 Å². The highest BCUT2D eigenvalue weighted by molar-refractivity contribution is 7.89. The molecule has 5 nitrogen and oxygen atoms in total. The summed E-state index contributed by atoms with van der Waals surface area (Å²) in [6.45, 7) is 2.75. The van der Waals surface area contributed by atoms with Gasteiger partial charge in [-0.05, 0) is 29.8 Å². The molecule has 26 heavy (non-hydrogen) atoms. The van der Waals surface area contributed by atoms with Crippen LogP contribution in [0.2, 0.25) is 10.0 Å². The number of rotatable bonds is 4. The summed E-state index contributed by atoms with van der Waals surface area (Å²) in [5.41, 5.74) is 1.72. The molecule has 0 saturated carbocycles. The van der Waals surface area contributed by atoms with Crippen LogP contribution in [-0.2, 0) is 16.6 Å². The first-order valence-corrected chi connectivity index (χ1v) is 10.3. The second-order valence-corrected chi connectivity index (χ2v) is 8.73. The van der Waals surface area contributed by atoms with E-state index in [9.17, 15) is 8.42 Å². The van der Waals surface area contributed by atoms with E-state index in [1.807, 2.05) is 12.1 Å². The lowest BCUT2D eigenvalue weighted by molar-refractivity contribution is 0.181. The van der Waals surface area contributed by atoms with Crippen LogP contribution < -0.4 is 0 Å². The van der Waals surface area contributed by atoms with Crippen LogP contribution in [0.15, 0.2) is 47.4 Å². The molecule has 2 aromatic rings. The molecule has 3 rings (SSSR count). The van der Waals surface area contributed by atoms with Crippen molar-refractivity contribution in [2.45, 2.75) is 11.4 Å². The van der Waals surface area contributed by atoms with Crippen molar-refractivity contribution in [2.24, 2.45) is 0 Å². The first-order valence-electron chi connectivity index (χ1n) is 8.07. The fourth-order valence-corrected chi connectivity index (χ4v) is 5.05. The van der Waals surface area contributed by atoms with Crippen LogP contribution in [0.1, 0.15) is 11.1 Å². The van der Waals surface area contributed by atoms with Crippen LogP contribution in [0, 0.1) is 11.3 Å². The molecule has 2 aromatic carbocycles. The molecule has 0 atom stereocenters. The third-order valence-corrected chi connectivity index (χ3v) is 7.23. The second-order valence-electron chi connectivity index (χ2n) is 6.04. The van der Waals surface area contributed by atoms with Crippen molar-refractivity contribution in [2.75, 3.05) is 26.2 Å². The Morgan fingerprint density at radius 1 is 1.00 bits per heavy atom. The zero-order valence-electron chi connectivity index (χ0n) is 13.9. The smallest absolute Gasteiger partial charge is 0.244 e. The van der Waals surface area contributed by atoms with Crippen molar-refractivity contribution in [3.63, 3.8) is 0 Å². The Hall–Kier alpha value is -1.62. The summed E-state index contributed by atoms with van der Waals surface area (Å²) in [6.07, 6.45) is 0. The molecule has 0 radical (unpaired) electrons. The zero-order valence-corrected chi connectivity index (χ0v) is 16.2. The third-order valence-electron chi connectivity index (χ3n) is 4.35. The van der Waals surface area contributed by atoms with E-state index in [0.717, 1.165) is 12.1 Å². The number of sulfonamides is 1. The van der Waals surface area contributed by atoms with Crippen molar-refractivity contribution in [3.05, 3.63) is 63.6 Å². The molecular formula is C18H17Cl2N3O2S. The maximum Gasteiger partial charge on any atom is 0.244 e. The lowest BCUT2D eigenvalue weighted by Gasteiger charge is -2.34. The summed E-state index contributed by atoms with van der Waals surface area (Å²) in [4.78, 5) is 2.24. The molecule has 1 heterocycles. The minimum atomic E-state index is -3.67. The van der Waals surface area contributed by atoms with E-state index >= 15 is 0 Å². The zero-order chi connectivity index (χ0) is 18.7. The summed E-state index contributed by atoms with van der Waals surface area (Å²) in [7, 11) is -3.67. The van der Waals surface area contributed by atoms with Crippen LogP contribution in [0.25, 0.3) is 0 Å². The fraction of sp³-hybridized carbons (Fsp3) is 0.278. The van der Waals surface area contributed by atoms with Crippen molar-refractivity contribution in [3.8, 4) is 6.07 Å². The molecular weight excluding hydrogens is 393 g/mol. The van der Waals surface area contributed by atoms with Crippen molar-refractivity contribution in [1.29, 1.82) is 5.26 Å². The lowest BCUT2D eigenvalue weighted by Crippen LogP contribution is -2.48.